The van der Waals surface area contributed by atoms with Crippen LogP contribution in [-0.4, -0.2) is 50.0 Å². The minimum atomic E-state index is -0.204. The second-order valence-electron chi connectivity index (χ2n) is 7.25. The van der Waals surface area contributed by atoms with Crippen LogP contribution in [0.5, 0.6) is 0 Å². The number of thiophene rings is 1. The van der Waals surface area contributed by atoms with Gasteiger partial charge in [-0.25, -0.2) is 4.39 Å². The van der Waals surface area contributed by atoms with Crippen LogP contribution in [0.3, 0.4) is 0 Å². The van der Waals surface area contributed by atoms with E-state index in [0.717, 1.165) is 24.6 Å². The van der Waals surface area contributed by atoms with Crippen molar-refractivity contribution in [3.63, 3.8) is 0 Å². The van der Waals surface area contributed by atoms with Crippen molar-refractivity contribution in [2.75, 3.05) is 34.2 Å². The second-order valence-corrected chi connectivity index (χ2v) is 8.23. The van der Waals surface area contributed by atoms with Gasteiger partial charge in [-0.3, -0.25) is 9.89 Å². The largest absolute Gasteiger partial charge is 0.356 e. The average molecular weight is 389 g/mol. The fourth-order valence-electron chi connectivity index (χ4n) is 3.93. The lowest BCUT2D eigenvalue weighted by Crippen LogP contribution is -2.45. The van der Waals surface area contributed by atoms with E-state index in [-0.39, 0.29) is 5.82 Å². The van der Waals surface area contributed by atoms with Gasteiger partial charge in [0.25, 0.3) is 0 Å². The number of guanidine groups is 1. The molecule has 0 spiro atoms. The predicted molar refractivity (Wildman–Crippen MR) is 112 cm³/mol. The number of nitrogens with one attached hydrogen (secondary N) is 1. The Balaban J connectivity index is 1.61. The van der Waals surface area contributed by atoms with Crippen LogP contribution in [0.2, 0.25) is 0 Å². The fraction of sp³-hybridized carbons (Fsp3) is 0.476. The Morgan fingerprint density at radius 3 is 2.78 bits per heavy atom. The first-order chi connectivity index (χ1) is 13.1. The molecule has 2 atom stereocenters. The van der Waals surface area contributed by atoms with E-state index in [4.69, 9.17) is 0 Å². The van der Waals surface area contributed by atoms with Crippen LogP contribution < -0.4 is 5.32 Å². The minimum absolute atomic E-state index is 0.204. The highest BCUT2D eigenvalue weighted by molar-refractivity contribution is 7.10. The Bertz CT molecular complexity index is 729. The van der Waals surface area contributed by atoms with Crippen molar-refractivity contribution in [2.45, 2.75) is 25.4 Å². The molecule has 27 heavy (non-hydrogen) atoms. The number of benzene rings is 1. The average Bonchev–Trinajstić information content (AvgIpc) is 3.18. The van der Waals surface area contributed by atoms with Crippen LogP contribution in [-0.2, 0) is 6.54 Å². The highest BCUT2D eigenvalue weighted by atomic mass is 32.1. The molecular weight excluding hydrogens is 359 g/mol. The molecule has 2 heterocycles. The number of halogens is 1. The van der Waals surface area contributed by atoms with Gasteiger partial charge in [-0.1, -0.05) is 18.2 Å². The van der Waals surface area contributed by atoms with Gasteiger partial charge in [-0.2, -0.15) is 0 Å². The molecule has 146 valence electrons. The van der Waals surface area contributed by atoms with E-state index in [1.807, 2.05) is 37.6 Å². The van der Waals surface area contributed by atoms with Gasteiger partial charge < -0.3 is 10.2 Å². The highest BCUT2D eigenvalue weighted by Gasteiger charge is 2.31. The quantitative estimate of drug-likeness (QED) is 0.621. The third-order valence-electron chi connectivity index (χ3n) is 5.27. The molecule has 0 bridgehead atoms. The summed E-state index contributed by atoms with van der Waals surface area (Å²) in [6.45, 7) is 2.74. The van der Waals surface area contributed by atoms with Crippen LogP contribution in [0, 0.1) is 11.7 Å². The maximum atomic E-state index is 13.1. The first-order valence-electron chi connectivity index (χ1n) is 9.48. The number of rotatable bonds is 5. The maximum Gasteiger partial charge on any atom is 0.193 e. The van der Waals surface area contributed by atoms with E-state index in [9.17, 15) is 4.39 Å². The van der Waals surface area contributed by atoms with E-state index in [2.05, 4.69) is 44.7 Å². The van der Waals surface area contributed by atoms with Crippen molar-refractivity contribution < 1.29 is 4.39 Å². The number of likely N-dealkylation sites (tertiary alicyclic amines) is 1. The molecule has 0 aliphatic carbocycles. The summed E-state index contributed by atoms with van der Waals surface area (Å²) >= 11 is 1.85. The van der Waals surface area contributed by atoms with Crippen molar-refractivity contribution in [1.29, 1.82) is 0 Å². The molecule has 0 amide bonds. The summed E-state index contributed by atoms with van der Waals surface area (Å²) < 4.78 is 13.1. The van der Waals surface area contributed by atoms with Gasteiger partial charge in [0, 0.05) is 38.1 Å². The van der Waals surface area contributed by atoms with Crippen LogP contribution in [0.15, 0.2) is 46.8 Å². The van der Waals surface area contributed by atoms with Crippen molar-refractivity contribution in [1.82, 2.24) is 15.1 Å². The number of hydrogen-bond acceptors (Lipinski definition) is 3. The molecule has 2 aromatic rings. The minimum Gasteiger partial charge on any atom is -0.356 e. The van der Waals surface area contributed by atoms with Crippen molar-refractivity contribution in [3.8, 4) is 0 Å². The standard InChI is InChI=1S/C21H29FN4S/c1-23-21(26(3)15-16-8-10-18(22)11-9-16)24-14-17-6-4-12-25(2)20(17)19-7-5-13-27-19/h5,7-11,13,17,20H,4,6,12,14-15H2,1-3H3,(H,23,24). The molecule has 6 heteroatoms. The maximum absolute atomic E-state index is 13.1. The molecule has 4 nitrogen and oxygen atoms in total. The van der Waals surface area contributed by atoms with Gasteiger partial charge in [0.1, 0.15) is 5.82 Å². The summed E-state index contributed by atoms with van der Waals surface area (Å²) in [7, 11) is 6.06. The summed E-state index contributed by atoms with van der Waals surface area (Å²) in [5.41, 5.74) is 1.07. The molecule has 1 aliphatic rings. The lowest BCUT2D eigenvalue weighted by Gasteiger charge is -2.39. The Kier molecular flexibility index (Phi) is 6.85. The molecule has 0 radical (unpaired) electrons. The molecule has 1 aliphatic heterocycles. The molecular formula is C21H29FN4S. The van der Waals surface area contributed by atoms with Gasteiger partial charge in [0.15, 0.2) is 5.96 Å². The van der Waals surface area contributed by atoms with Gasteiger partial charge in [-0.15, -0.1) is 11.3 Å². The number of nitrogens with zero attached hydrogens (tertiary/aromatic N) is 3. The van der Waals surface area contributed by atoms with E-state index in [1.54, 1.807) is 0 Å². The van der Waals surface area contributed by atoms with E-state index < -0.39 is 0 Å². The Labute approximate surface area is 165 Å². The molecule has 1 N–H and O–H groups in total. The summed E-state index contributed by atoms with van der Waals surface area (Å²) in [4.78, 5) is 10.4. The fourth-order valence-corrected chi connectivity index (χ4v) is 4.91. The molecule has 1 aromatic carbocycles. The van der Waals surface area contributed by atoms with Gasteiger partial charge in [-0.05, 0) is 61.5 Å². The third kappa shape index (κ3) is 5.08. The second kappa shape index (κ2) is 9.33. The zero-order chi connectivity index (χ0) is 19.2. The molecule has 1 saturated heterocycles. The van der Waals surface area contributed by atoms with Crippen LogP contribution >= 0.6 is 11.3 Å². The molecule has 1 fully saturated rings. The number of hydrogen-bond donors (Lipinski definition) is 1. The molecule has 1 aromatic heterocycles. The first-order valence-corrected chi connectivity index (χ1v) is 10.4. The topological polar surface area (TPSA) is 30.9 Å². The zero-order valence-corrected chi connectivity index (χ0v) is 17.2. The van der Waals surface area contributed by atoms with Crippen LogP contribution in [0.4, 0.5) is 4.39 Å². The van der Waals surface area contributed by atoms with Crippen molar-refractivity contribution in [2.24, 2.45) is 10.9 Å². The Hall–Kier alpha value is -1.92. The first kappa shape index (κ1) is 19.8. The predicted octanol–water partition coefficient (Wildman–Crippen LogP) is 3.98. The van der Waals surface area contributed by atoms with Crippen LogP contribution in [0.1, 0.15) is 29.3 Å². The summed E-state index contributed by atoms with van der Waals surface area (Å²) in [5.74, 6) is 1.22. The van der Waals surface area contributed by atoms with E-state index >= 15 is 0 Å². The Morgan fingerprint density at radius 2 is 2.11 bits per heavy atom. The van der Waals surface area contributed by atoms with E-state index in [1.165, 1.54) is 29.9 Å². The van der Waals surface area contributed by atoms with Crippen LogP contribution in [0.25, 0.3) is 0 Å². The smallest absolute Gasteiger partial charge is 0.193 e. The van der Waals surface area contributed by atoms with Crippen molar-refractivity contribution >= 4 is 17.3 Å². The molecule has 2 unspecified atom stereocenters. The zero-order valence-electron chi connectivity index (χ0n) is 16.4. The normalized spacial score (nSPS) is 21.3. The van der Waals surface area contributed by atoms with Gasteiger partial charge in [0.2, 0.25) is 0 Å². The van der Waals surface area contributed by atoms with Gasteiger partial charge in [0.05, 0.1) is 0 Å². The lowest BCUT2D eigenvalue weighted by molar-refractivity contribution is 0.124. The van der Waals surface area contributed by atoms with E-state index in [0.29, 0.717) is 18.5 Å². The lowest BCUT2D eigenvalue weighted by atomic mass is 9.88. The number of piperidine rings is 1. The summed E-state index contributed by atoms with van der Waals surface area (Å²) in [5, 5.41) is 5.73. The monoisotopic (exact) mass is 388 g/mol. The van der Waals surface area contributed by atoms with Gasteiger partial charge >= 0.3 is 0 Å². The molecule has 0 saturated carbocycles. The Morgan fingerprint density at radius 1 is 1.33 bits per heavy atom. The SMILES string of the molecule is CN=C(NCC1CCCN(C)C1c1cccs1)N(C)Cc1ccc(F)cc1. The molecule has 3 rings (SSSR count). The van der Waals surface area contributed by atoms with Crippen molar-refractivity contribution in [3.05, 3.63) is 58.0 Å². The highest BCUT2D eigenvalue weighted by Crippen LogP contribution is 2.36. The number of aliphatic imine (C=N–C) groups is 1. The summed E-state index contributed by atoms with van der Waals surface area (Å²) in [6, 6.07) is 11.5. The summed E-state index contributed by atoms with van der Waals surface area (Å²) in [6.07, 6.45) is 2.45. The third-order valence-corrected chi connectivity index (χ3v) is 6.21.